The van der Waals surface area contributed by atoms with Gasteiger partial charge in [-0.1, -0.05) is 51.3 Å². The normalized spacial score (nSPS) is 17.0. The number of hydrogen-bond donors (Lipinski definition) is 1. The smallest absolute Gasteiger partial charge is 0.251 e. The van der Waals surface area contributed by atoms with Crippen LogP contribution in [0.1, 0.15) is 89.1 Å². The molecule has 1 aliphatic rings. The Hall–Kier alpha value is -2.36. The van der Waals surface area contributed by atoms with Crippen molar-refractivity contribution in [3.63, 3.8) is 0 Å². The SMILES string of the molecule is CCCCCNC(=O)c1ccc(/C(F)=C(C)/C=C/C2=C(C)CCCC2(C)C)c(OC)c1. The number of halogens is 1. The Bertz CT molecular complexity index is 877. The Labute approximate surface area is 187 Å². The van der Waals surface area contributed by atoms with Gasteiger partial charge in [0.2, 0.25) is 0 Å². The summed E-state index contributed by atoms with van der Waals surface area (Å²) in [5.41, 5.74) is 4.17. The highest BCUT2D eigenvalue weighted by Crippen LogP contribution is 2.41. The van der Waals surface area contributed by atoms with Crippen LogP contribution in [0, 0.1) is 5.41 Å². The number of benzene rings is 1. The van der Waals surface area contributed by atoms with E-state index in [9.17, 15) is 4.79 Å². The zero-order valence-corrected chi connectivity index (χ0v) is 20.0. The Balaban J connectivity index is 2.24. The minimum atomic E-state index is -0.338. The van der Waals surface area contributed by atoms with Crippen LogP contribution < -0.4 is 10.1 Å². The number of rotatable bonds is 9. The van der Waals surface area contributed by atoms with Crippen LogP contribution in [0.2, 0.25) is 0 Å². The predicted molar refractivity (Wildman–Crippen MR) is 128 cm³/mol. The molecule has 0 heterocycles. The largest absolute Gasteiger partial charge is 0.496 e. The van der Waals surface area contributed by atoms with Crippen molar-refractivity contribution in [1.29, 1.82) is 0 Å². The summed E-state index contributed by atoms with van der Waals surface area (Å²) in [6.45, 7) is 11.2. The van der Waals surface area contributed by atoms with E-state index in [1.807, 2.05) is 6.08 Å². The number of allylic oxidation sites excluding steroid dienone is 5. The van der Waals surface area contributed by atoms with Gasteiger partial charge in [0, 0.05) is 12.1 Å². The van der Waals surface area contributed by atoms with Gasteiger partial charge in [-0.3, -0.25) is 4.79 Å². The predicted octanol–water partition coefficient (Wildman–Crippen LogP) is 7.40. The molecule has 0 aliphatic heterocycles. The van der Waals surface area contributed by atoms with Crippen LogP contribution in [0.25, 0.3) is 5.83 Å². The van der Waals surface area contributed by atoms with E-state index in [1.54, 1.807) is 25.1 Å². The molecule has 0 bridgehead atoms. The van der Waals surface area contributed by atoms with E-state index in [0.29, 0.717) is 29.0 Å². The molecule has 2 rings (SSSR count). The number of ether oxygens (including phenoxy) is 1. The van der Waals surface area contributed by atoms with Crippen molar-refractivity contribution >= 4 is 11.7 Å². The fraction of sp³-hybridized carbons (Fsp3) is 0.519. The quantitative estimate of drug-likeness (QED) is 0.329. The van der Waals surface area contributed by atoms with Gasteiger partial charge in [0.1, 0.15) is 11.6 Å². The van der Waals surface area contributed by atoms with Gasteiger partial charge in [-0.05, 0) is 74.3 Å². The number of hydrogen-bond acceptors (Lipinski definition) is 2. The summed E-state index contributed by atoms with van der Waals surface area (Å²) in [6.07, 6.45) is 10.5. The Kier molecular flexibility index (Phi) is 9.09. The summed E-state index contributed by atoms with van der Waals surface area (Å²) < 4.78 is 20.7. The van der Waals surface area contributed by atoms with E-state index in [0.717, 1.165) is 32.1 Å². The van der Waals surface area contributed by atoms with Gasteiger partial charge in [0.15, 0.2) is 0 Å². The minimum Gasteiger partial charge on any atom is -0.496 e. The summed E-state index contributed by atoms with van der Waals surface area (Å²) >= 11 is 0. The van der Waals surface area contributed by atoms with Crippen molar-refractivity contribution < 1.29 is 13.9 Å². The molecule has 0 saturated heterocycles. The fourth-order valence-corrected chi connectivity index (χ4v) is 4.20. The molecule has 0 atom stereocenters. The molecule has 0 saturated carbocycles. The molecule has 1 aliphatic carbocycles. The van der Waals surface area contributed by atoms with Gasteiger partial charge < -0.3 is 10.1 Å². The molecule has 0 spiro atoms. The molecule has 0 fully saturated rings. The maximum Gasteiger partial charge on any atom is 0.251 e. The zero-order chi connectivity index (χ0) is 23.0. The van der Waals surface area contributed by atoms with E-state index >= 15 is 4.39 Å². The van der Waals surface area contributed by atoms with E-state index in [4.69, 9.17) is 4.74 Å². The molecule has 4 heteroatoms. The summed E-state index contributed by atoms with van der Waals surface area (Å²) in [6, 6.07) is 4.89. The standard InChI is InChI=1S/C27H38FNO2/c1-7-8-9-17-29-26(30)21-13-14-22(24(18-21)31-6)25(28)20(3)12-15-23-19(2)11-10-16-27(23,4)5/h12-15,18H,7-11,16-17H2,1-6H3,(H,29,30)/b15-12+,25-20-. The van der Waals surface area contributed by atoms with Crippen molar-refractivity contribution in [3.8, 4) is 5.75 Å². The highest BCUT2D eigenvalue weighted by Gasteiger charge is 2.26. The first-order valence-electron chi connectivity index (χ1n) is 11.4. The molecule has 1 aromatic rings. The highest BCUT2D eigenvalue weighted by atomic mass is 19.1. The first kappa shape index (κ1) is 24.9. The Morgan fingerprint density at radius 3 is 2.68 bits per heavy atom. The summed E-state index contributed by atoms with van der Waals surface area (Å²) in [5, 5.41) is 2.91. The van der Waals surface area contributed by atoms with Gasteiger partial charge in [-0.25, -0.2) is 4.39 Å². The molecule has 170 valence electrons. The average Bonchev–Trinajstić information content (AvgIpc) is 2.74. The molecule has 3 nitrogen and oxygen atoms in total. The first-order valence-corrected chi connectivity index (χ1v) is 11.4. The number of amides is 1. The van der Waals surface area contributed by atoms with Crippen LogP contribution in [0.5, 0.6) is 5.75 Å². The second-order valence-electron chi connectivity index (χ2n) is 9.14. The second kappa shape index (κ2) is 11.3. The number of nitrogens with one attached hydrogen (secondary N) is 1. The molecule has 1 aromatic carbocycles. The van der Waals surface area contributed by atoms with Gasteiger partial charge in [-0.2, -0.15) is 0 Å². The van der Waals surface area contributed by atoms with Crippen molar-refractivity contribution in [2.24, 2.45) is 5.41 Å². The minimum absolute atomic E-state index is 0.111. The van der Waals surface area contributed by atoms with Gasteiger partial charge >= 0.3 is 0 Å². The lowest BCUT2D eigenvalue weighted by atomic mass is 9.72. The van der Waals surface area contributed by atoms with Crippen molar-refractivity contribution in [1.82, 2.24) is 5.32 Å². The highest BCUT2D eigenvalue weighted by molar-refractivity contribution is 5.95. The third-order valence-electron chi connectivity index (χ3n) is 6.15. The lowest BCUT2D eigenvalue weighted by Gasteiger charge is -2.33. The van der Waals surface area contributed by atoms with E-state index in [2.05, 4.69) is 39.1 Å². The monoisotopic (exact) mass is 427 g/mol. The molecule has 0 radical (unpaired) electrons. The van der Waals surface area contributed by atoms with Crippen LogP contribution in [-0.4, -0.2) is 19.6 Å². The van der Waals surface area contributed by atoms with E-state index in [-0.39, 0.29) is 17.1 Å². The number of carbonyl (C=O) groups is 1. The number of carbonyl (C=O) groups excluding carboxylic acids is 1. The van der Waals surface area contributed by atoms with Crippen LogP contribution in [0.4, 0.5) is 4.39 Å². The summed E-state index contributed by atoms with van der Waals surface area (Å²) in [4.78, 5) is 12.4. The number of methoxy groups -OCH3 is 1. The Morgan fingerprint density at radius 2 is 2.03 bits per heavy atom. The van der Waals surface area contributed by atoms with E-state index < -0.39 is 0 Å². The third-order valence-corrected chi connectivity index (χ3v) is 6.15. The van der Waals surface area contributed by atoms with Gasteiger partial charge in [0.25, 0.3) is 5.91 Å². The molecular formula is C27H38FNO2. The molecule has 31 heavy (non-hydrogen) atoms. The fourth-order valence-electron chi connectivity index (χ4n) is 4.20. The summed E-state index contributed by atoms with van der Waals surface area (Å²) in [7, 11) is 1.50. The Morgan fingerprint density at radius 1 is 1.29 bits per heavy atom. The lowest BCUT2D eigenvalue weighted by Crippen LogP contribution is -2.24. The van der Waals surface area contributed by atoms with Crippen molar-refractivity contribution in [3.05, 3.63) is 58.2 Å². The van der Waals surface area contributed by atoms with Crippen molar-refractivity contribution in [2.45, 2.75) is 73.1 Å². The van der Waals surface area contributed by atoms with Crippen LogP contribution in [0.15, 0.2) is 47.1 Å². The van der Waals surface area contributed by atoms with Crippen LogP contribution in [0.3, 0.4) is 0 Å². The van der Waals surface area contributed by atoms with E-state index in [1.165, 1.54) is 24.7 Å². The van der Waals surface area contributed by atoms with Gasteiger partial charge in [0.05, 0.1) is 12.7 Å². The molecule has 0 unspecified atom stereocenters. The average molecular weight is 428 g/mol. The first-order chi connectivity index (χ1) is 14.7. The lowest BCUT2D eigenvalue weighted by molar-refractivity contribution is 0.0952. The van der Waals surface area contributed by atoms with Crippen molar-refractivity contribution in [2.75, 3.05) is 13.7 Å². The van der Waals surface area contributed by atoms with Gasteiger partial charge in [-0.15, -0.1) is 0 Å². The summed E-state index contributed by atoms with van der Waals surface area (Å²) in [5.74, 6) is -0.140. The zero-order valence-electron chi connectivity index (χ0n) is 20.0. The third kappa shape index (κ3) is 6.56. The van der Waals surface area contributed by atoms with Crippen LogP contribution >= 0.6 is 0 Å². The maximum absolute atomic E-state index is 15.3. The van der Waals surface area contributed by atoms with Crippen LogP contribution in [-0.2, 0) is 0 Å². The topological polar surface area (TPSA) is 38.3 Å². The number of unbranched alkanes of at least 4 members (excludes halogenated alkanes) is 2. The molecule has 1 N–H and O–H groups in total. The maximum atomic E-state index is 15.3. The molecule has 1 amide bonds. The molecule has 0 aromatic heterocycles. The molecular weight excluding hydrogens is 389 g/mol. The second-order valence-corrected chi connectivity index (χ2v) is 9.14.